The lowest BCUT2D eigenvalue weighted by atomic mass is 10.1. The SMILES string of the molecule is CCC(=Cc1cccc([N+](=O)[O-])c1)[N+](=O)[O-]. The van der Waals surface area contributed by atoms with E-state index in [9.17, 15) is 20.2 Å². The molecule has 0 saturated heterocycles. The molecule has 0 saturated carbocycles. The van der Waals surface area contributed by atoms with E-state index in [1.165, 1.54) is 24.3 Å². The summed E-state index contributed by atoms with van der Waals surface area (Å²) in [6, 6.07) is 5.73. The molecule has 0 aliphatic heterocycles. The molecule has 1 rings (SSSR count). The second-order valence-corrected chi connectivity index (χ2v) is 3.10. The van der Waals surface area contributed by atoms with Gasteiger partial charge in [-0.3, -0.25) is 20.2 Å². The van der Waals surface area contributed by atoms with E-state index in [0.29, 0.717) is 5.56 Å². The topological polar surface area (TPSA) is 86.3 Å². The molecule has 0 heterocycles. The van der Waals surface area contributed by atoms with Crippen molar-refractivity contribution in [3.05, 3.63) is 55.8 Å². The van der Waals surface area contributed by atoms with Crippen LogP contribution in [0, 0.1) is 20.2 Å². The number of nitro benzene ring substituents is 1. The Hall–Kier alpha value is -2.24. The molecule has 0 unspecified atom stereocenters. The van der Waals surface area contributed by atoms with E-state index >= 15 is 0 Å². The molecule has 0 fully saturated rings. The fourth-order valence-corrected chi connectivity index (χ4v) is 1.20. The Morgan fingerprint density at radius 2 is 2.06 bits per heavy atom. The number of allylic oxidation sites excluding steroid dienone is 1. The minimum absolute atomic E-state index is 0.0282. The lowest BCUT2D eigenvalue weighted by Gasteiger charge is -1.96. The van der Waals surface area contributed by atoms with E-state index < -0.39 is 9.85 Å². The van der Waals surface area contributed by atoms with E-state index in [0.717, 1.165) is 0 Å². The highest BCUT2D eigenvalue weighted by atomic mass is 16.6. The summed E-state index contributed by atoms with van der Waals surface area (Å²) in [5.74, 6) is 0. The number of hydrogen-bond acceptors (Lipinski definition) is 4. The van der Waals surface area contributed by atoms with Crippen LogP contribution in [0.15, 0.2) is 30.0 Å². The summed E-state index contributed by atoms with van der Waals surface area (Å²) in [6.45, 7) is 1.66. The van der Waals surface area contributed by atoms with Crippen molar-refractivity contribution >= 4 is 11.8 Å². The Morgan fingerprint density at radius 3 is 2.56 bits per heavy atom. The summed E-state index contributed by atoms with van der Waals surface area (Å²) in [7, 11) is 0. The number of benzene rings is 1. The second-order valence-electron chi connectivity index (χ2n) is 3.10. The maximum Gasteiger partial charge on any atom is 0.270 e. The zero-order valence-corrected chi connectivity index (χ0v) is 8.62. The maximum atomic E-state index is 10.6. The molecule has 1 aromatic rings. The molecule has 0 N–H and O–H groups in total. The van der Waals surface area contributed by atoms with E-state index in [2.05, 4.69) is 0 Å². The Morgan fingerprint density at radius 1 is 1.38 bits per heavy atom. The summed E-state index contributed by atoms with van der Waals surface area (Å²) in [5, 5.41) is 21.1. The molecule has 6 heteroatoms. The fourth-order valence-electron chi connectivity index (χ4n) is 1.20. The maximum absolute atomic E-state index is 10.6. The number of hydrogen-bond donors (Lipinski definition) is 0. The molecule has 0 aromatic heterocycles. The van der Waals surface area contributed by atoms with Gasteiger partial charge in [0, 0.05) is 24.6 Å². The zero-order chi connectivity index (χ0) is 12.1. The largest absolute Gasteiger partial charge is 0.270 e. The van der Waals surface area contributed by atoms with Crippen LogP contribution in [-0.2, 0) is 0 Å². The number of nitrogens with zero attached hydrogens (tertiary/aromatic N) is 2. The van der Waals surface area contributed by atoms with Crippen molar-refractivity contribution in [1.29, 1.82) is 0 Å². The highest BCUT2D eigenvalue weighted by Gasteiger charge is 2.09. The summed E-state index contributed by atoms with van der Waals surface area (Å²) in [4.78, 5) is 20.0. The van der Waals surface area contributed by atoms with Crippen LogP contribution in [0.3, 0.4) is 0 Å². The van der Waals surface area contributed by atoms with Crippen molar-refractivity contribution in [3.8, 4) is 0 Å². The summed E-state index contributed by atoms with van der Waals surface area (Å²) < 4.78 is 0. The van der Waals surface area contributed by atoms with E-state index in [-0.39, 0.29) is 17.8 Å². The average Bonchev–Trinajstić information content (AvgIpc) is 2.25. The van der Waals surface area contributed by atoms with Crippen molar-refractivity contribution in [2.24, 2.45) is 0 Å². The van der Waals surface area contributed by atoms with E-state index in [1.807, 2.05) is 0 Å². The first kappa shape index (κ1) is 11.8. The lowest BCUT2D eigenvalue weighted by molar-refractivity contribution is -0.425. The van der Waals surface area contributed by atoms with Crippen LogP contribution >= 0.6 is 0 Å². The van der Waals surface area contributed by atoms with Crippen molar-refractivity contribution in [1.82, 2.24) is 0 Å². The van der Waals surface area contributed by atoms with Crippen molar-refractivity contribution in [2.45, 2.75) is 13.3 Å². The van der Waals surface area contributed by atoms with Gasteiger partial charge in [0.25, 0.3) is 5.69 Å². The molecular formula is C10H10N2O4. The molecular weight excluding hydrogens is 212 g/mol. The standard InChI is InChI=1S/C10H10N2O4/c1-2-9(11(13)14)6-8-4-3-5-10(7-8)12(15)16/h3-7H,2H2,1H3. The normalized spacial score (nSPS) is 11.2. The molecule has 0 radical (unpaired) electrons. The van der Waals surface area contributed by atoms with Crippen molar-refractivity contribution in [2.75, 3.05) is 0 Å². The van der Waals surface area contributed by atoms with Crippen LogP contribution in [-0.4, -0.2) is 9.85 Å². The smallest absolute Gasteiger partial charge is 0.259 e. The first-order valence-electron chi connectivity index (χ1n) is 4.64. The minimum Gasteiger partial charge on any atom is -0.259 e. The lowest BCUT2D eigenvalue weighted by Crippen LogP contribution is -1.96. The van der Waals surface area contributed by atoms with Gasteiger partial charge in [0.05, 0.1) is 9.85 Å². The van der Waals surface area contributed by atoms with Crippen LogP contribution in [0.2, 0.25) is 0 Å². The Labute approximate surface area is 91.5 Å². The monoisotopic (exact) mass is 222 g/mol. The molecule has 0 aliphatic rings. The Bertz CT molecular complexity index is 454. The highest BCUT2D eigenvalue weighted by molar-refractivity contribution is 5.54. The van der Waals surface area contributed by atoms with Gasteiger partial charge in [0.1, 0.15) is 0 Å². The third kappa shape index (κ3) is 2.88. The predicted octanol–water partition coefficient (Wildman–Crippen LogP) is 2.62. The van der Waals surface area contributed by atoms with Gasteiger partial charge in [-0.1, -0.05) is 19.1 Å². The van der Waals surface area contributed by atoms with Gasteiger partial charge >= 0.3 is 0 Å². The molecule has 0 spiro atoms. The quantitative estimate of drug-likeness (QED) is 0.578. The molecule has 0 amide bonds. The summed E-state index contributed by atoms with van der Waals surface area (Å²) in [5.41, 5.74) is 0.413. The molecule has 6 nitrogen and oxygen atoms in total. The third-order valence-corrected chi connectivity index (χ3v) is 2.01. The van der Waals surface area contributed by atoms with Gasteiger partial charge in [-0.2, -0.15) is 0 Å². The van der Waals surface area contributed by atoms with Gasteiger partial charge < -0.3 is 0 Å². The second kappa shape index (κ2) is 5.01. The van der Waals surface area contributed by atoms with Gasteiger partial charge in [-0.05, 0) is 5.56 Å². The number of non-ortho nitro benzene ring substituents is 1. The Balaban J connectivity index is 3.09. The van der Waals surface area contributed by atoms with Crippen molar-refractivity contribution < 1.29 is 9.85 Å². The molecule has 16 heavy (non-hydrogen) atoms. The van der Waals surface area contributed by atoms with Gasteiger partial charge in [-0.15, -0.1) is 0 Å². The summed E-state index contributed by atoms with van der Waals surface area (Å²) >= 11 is 0. The minimum atomic E-state index is -0.533. The van der Waals surface area contributed by atoms with Gasteiger partial charge in [0.15, 0.2) is 0 Å². The molecule has 0 atom stereocenters. The van der Waals surface area contributed by atoms with Gasteiger partial charge in [0.2, 0.25) is 5.70 Å². The molecule has 1 aromatic carbocycles. The molecule has 0 aliphatic carbocycles. The first-order valence-corrected chi connectivity index (χ1v) is 4.64. The Kier molecular flexibility index (Phi) is 3.71. The number of nitro groups is 2. The van der Waals surface area contributed by atoms with E-state index in [1.54, 1.807) is 13.0 Å². The molecule has 84 valence electrons. The van der Waals surface area contributed by atoms with Crippen LogP contribution in [0.4, 0.5) is 5.69 Å². The zero-order valence-electron chi connectivity index (χ0n) is 8.62. The average molecular weight is 222 g/mol. The van der Waals surface area contributed by atoms with Gasteiger partial charge in [-0.25, -0.2) is 0 Å². The van der Waals surface area contributed by atoms with Crippen LogP contribution in [0.25, 0.3) is 6.08 Å². The number of rotatable bonds is 4. The first-order chi connectivity index (χ1) is 7.54. The third-order valence-electron chi connectivity index (χ3n) is 2.01. The van der Waals surface area contributed by atoms with Crippen LogP contribution in [0.1, 0.15) is 18.9 Å². The highest BCUT2D eigenvalue weighted by Crippen LogP contribution is 2.16. The van der Waals surface area contributed by atoms with Crippen LogP contribution in [0.5, 0.6) is 0 Å². The molecule has 0 bridgehead atoms. The van der Waals surface area contributed by atoms with Crippen molar-refractivity contribution in [3.63, 3.8) is 0 Å². The van der Waals surface area contributed by atoms with Crippen LogP contribution < -0.4 is 0 Å². The summed E-state index contributed by atoms with van der Waals surface area (Å²) in [6.07, 6.45) is 1.61. The predicted molar refractivity (Wildman–Crippen MR) is 58.4 cm³/mol. The van der Waals surface area contributed by atoms with E-state index in [4.69, 9.17) is 0 Å². The fraction of sp³-hybridized carbons (Fsp3) is 0.200.